The number of aromatic nitrogens is 2. The fourth-order valence-corrected chi connectivity index (χ4v) is 2.62. The van der Waals surface area contributed by atoms with E-state index in [0.29, 0.717) is 5.92 Å². The number of aryl methyl sites for hydroxylation is 1. The number of nitrogens with one attached hydrogen (secondary N) is 1. The van der Waals surface area contributed by atoms with Gasteiger partial charge in [0.2, 0.25) is 0 Å². The molecule has 112 valence electrons. The van der Waals surface area contributed by atoms with E-state index in [0.717, 1.165) is 35.7 Å². The van der Waals surface area contributed by atoms with Gasteiger partial charge in [-0.05, 0) is 31.2 Å². The second-order valence-electron chi connectivity index (χ2n) is 5.86. The Labute approximate surface area is 127 Å². The van der Waals surface area contributed by atoms with Gasteiger partial charge in [0.1, 0.15) is 5.82 Å². The third kappa shape index (κ3) is 3.60. The van der Waals surface area contributed by atoms with E-state index in [4.69, 9.17) is 0 Å². The van der Waals surface area contributed by atoms with Gasteiger partial charge in [0.05, 0.1) is 0 Å². The Bertz CT molecular complexity index is 601. The predicted octanol–water partition coefficient (Wildman–Crippen LogP) is 4.25. The molecule has 1 aromatic carbocycles. The summed E-state index contributed by atoms with van der Waals surface area (Å²) in [4.78, 5) is 9.32. The molecule has 0 bridgehead atoms. The van der Waals surface area contributed by atoms with Gasteiger partial charge in [-0.3, -0.25) is 0 Å². The fourth-order valence-electron chi connectivity index (χ4n) is 2.62. The van der Waals surface area contributed by atoms with E-state index in [1.54, 1.807) is 0 Å². The Balaban J connectivity index is 2.35. The Morgan fingerprint density at radius 3 is 2.29 bits per heavy atom. The first-order valence-corrected chi connectivity index (χ1v) is 7.69. The quantitative estimate of drug-likeness (QED) is 0.891. The van der Waals surface area contributed by atoms with Gasteiger partial charge in [-0.25, -0.2) is 9.97 Å². The van der Waals surface area contributed by atoms with Gasteiger partial charge in [0, 0.05) is 23.9 Å². The maximum atomic E-state index is 4.66. The summed E-state index contributed by atoms with van der Waals surface area (Å²) in [5, 5.41) is 3.18. The van der Waals surface area contributed by atoms with Gasteiger partial charge < -0.3 is 5.32 Å². The predicted molar refractivity (Wildman–Crippen MR) is 89.7 cm³/mol. The summed E-state index contributed by atoms with van der Waals surface area (Å²) in [6, 6.07) is 8.61. The molecule has 0 radical (unpaired) electrons. The van der Waals surface area contributed by atoms with Gasteiger partial charge in [-0.2, -0.15) is 0 Å². The van der Waals surface area contributed by atoms with Crippen LogP contribution in [0.4, 0.5) is 5.82 Å². The Kier molecular flexibility index (Phi) is 4.94. The minimum atomic E-state index is 0.675. The first kappa shape index (κ1) is 15.5. The van der Waals surface area contributed by atoms with Gasteiger partial charge >= 0.3 is 0 Å². The van der Waals surface area contributed by atoms with Gasteiger partial charge in [0.15, 0.2) is 5.82 Å². The van der Waals surface area contributed by atoms with Crippen LogP contribution in [0.1, 0.15) is 37.6 Å². The minimum absolute atomic E-state index is 0.675. The van der Waals surface area contributed by atoms with Crippen molar-refractivity contribution in [3.63, 3.8) is 0 Å². The van der Waals surface area contributed by atoms with E-state index in [9.17, 15) is 0 Å². The molecule has 1 N–H and O–H groups in total. The normalized spacial score (nSPS) is 11.0. The van der Waals surface area contributed by atoms with E-state index < -0.39 is 0 Å². The molecule has 0 unspecified atom stereocenters. The summed E-state index contributed by atoms with van der Waals surface area (Å²) in [7, 11) is 1.91. The van der Waals surface area contributed by atoms with Crippen molar-refractivity contribution >= 4 is 5.82 Å². The summed E-state index contributed by atoms with van der Waals surface area (Å²) in [5.41, 5.74) is 4.69. The second kappa shape index (κ2) is 6.70. The van der Waals surface area contributed by atoms with Crippen molar-refractivity contribution in [1.29, 1.82) is 0 Å². The number of hydrogen-bond donors (Lipinski definition) is 1. The lowest BCUT2D eigenvalue weighted by molar-refractivity contribution is 0.647. The zero-order valence-corrected chi connectivity index (χ0v) is 13.7. The highest BCUT2D eigenvalue weighted by Gasteiger charge is 2.10. The van der Waals surface area contributed by atoms with E-state index in [2.05, 4.69) is 67.2 Å². The van der Waals surface area contributed by atoms with Crippen LogP contribution in [0.3, 0.4) is 0 Å². The molecule has 0 amide bonds. The number of nitrogens with zero attached hydrogens (tertiary/aromatic N) is 2. The molecule has 2 aromatic rings. The van der Waals surface area contributed by atoms with Crippen LogP contribution >= 0.6 is 0 Å². The van der Waals surface area contributed by atoms with Crippen molar-refractivity contribution < 1.29 is 0 Å². The van der Waals surface area contributed by atoms with Crippen molar-refractivity contribution in [2.75, 3.05) is 12.4 Å². The fraction of sp³-hybridized carbons (Fsp3) is 0.444. The summed E-state index contributed by atoms with van der Waals surface area (Å²) >= 11 is 0. The average molecular weight is 283 g/mol. The number of hydrogen-bond acceptors (Lipinski definition) is 3. The molecule has 3 nitrogen and oxygen atoms in total. The van der Waals surface area contributed by atoms with Gasteiger partial charge in [-0.15, -0.1) is 0 Å². The molecule has 21 heavy (non-hydrogen) atoms. The third-order valence-electron chi connectivity index (χ3n) is 3.66. The van der Waals surface area contributed by atoms with Crippen molar-refractivity contribution in [3.05, 3.63) is 41.1 Å². The molecule has 0 aliphatic rings. The van der Waals surface area contributed by atoms with Crippen molar-refractivity contribution in [1.82, 2.24) is 9.97 Å². The second-order valence-corrected chi connectivity index (χ2v) is 5.86. The van der Waals surface area contributed by atoms with Gasteiger partial charge in [-0.1, -0.05) is 45.0 Å². The first-order chi connectivity index (χ1) is 10.0. The maximum Gasteiger partial charge on any atom is 0.161 e. The largest absolute Gasteiger partial charge is 0.373 e. The Hall–Kier alpha value is -1.90. The molecular formula is C18H25N3. The molecule has 0 fully saturated rings. The summed E-state index contributed by atoms with van der Waals surface area (Å²) in [5.74, 6) is 2.41. The maximum absolute atomic E-state index is 4.66. The minimum Gasteiger partial charge on any atom is -0.373 e. The van der Waals surface area contributed by atoms with Crippen LogP contribution in [0.25, 0.3) is 11.4 Å². The van der Waals surface area contributed by atoms with Crippen LogP contribution < -0.4 is 5.32 Å². The molecule has 0 aliphatic heterocycles. The number of anilines is 1. The zero-order chi connectivity index (χ0) is 15.4. The van der Waals surface area contributed by atoms with E-state index in [1.165, 1.54) is 11.1 Å². The Morgan fingerprint density at radius 1 is 1.10 bits per heavy atom. The molecule has 1 aromatic heterocycles. The summed E-state index contributed by atoms with van der Waals surface area (Å²) in [6.45, 7) is 8.66. The summed E-state index contributed by atoms with van der Waals surface area (Å²) < 4.78 is 0. The molecule has 1 heterocycles. The molecule has 0 saturated heterocycles. The molecule has 0 atom stereocenters. The number of rotatable bonds is 5. The lowest BCUT2D eigenvalue weighted by atomic mass is 10.0. The topological polar surface area (TPSA) is 37.8 Å². The smallest absolute Gasteiger partial charge is 0.161 e. The van der Waals surface area contributed by atoms with E-state index in [-0.39, 0.29) is 0 Å². The highest BCUT2D eigenvalue weighted by molar-refractivity contribution is 5.60. The van der Waals surface area contributed by atoms with Crippen molar-refractivity contribution in [3.8, 4) is 11.4 Å². The lowest BCUT2D eigenvalue weighted by Gasteiger charge is -2.12. The van der Waals surface area contributed by atoms with Crippen molar-refractivity contribution in [2.45, 2.75) is 40.5 Å². The summed E-state index contributed by atoms with van der Waals surface area (Å²) in [6.07, 6.45) is 2.05. The highest BCUT2D eigenvalue weighted by Crippen LogP contribution is 2.23. The average Bonchev–Trinajstić information content (AvgIpc) is 2.46. The molecular weight excluding hydrogens is 258 g/mol. The van der Waals surface area contributed by atoms with E-state index >= 15 is 0 Å². The van der Waals surface area contributed by atoms with Crippen LogP contribution in [0.5, 0.6) is 0 Å². The molecule has 0 saturated carbocycles. The molecule has 2 rings (SSSR count). The SMILES string of the molecule is CCc1c(C)nc(-c2ccc(CC(C)C)cc2)nc1NC. The van der Waals surface area contributed by atoms with Crippen LogP contribution in [-0.2, 0) is 12.8 Å². The van der Waals surface area contributed by atoms with E-state index in [1.807, 2.05) is 7.05 Å². The van der Waals surface area contributed by atoms with Crippen LogP contribution in [0, 0.1) is 12.8 Å². The highest BCUT2D eigenvalue weighted by atomic mass is 15.0. The van der Waals surface area contributed by atoms with Crippen molar-refractivity contribution in [2.24, 2.45) is 5.92 Å². The monoisotopic (exact) mass is 283 g/mol. The van der Waals surface area contributed by atoms with Gasteiger partial charge in [0.25, 0.3) is 0 Å². The lowest BCUT2D eigenvalue weighted by Crippen LogP contribution is -2.05. The third-order valence-corrected chi connectivity index (χ3v) is 3.66. The van der Waals surface area contributed by atoms with Crippen LogP contribution in [0.2, 0.25) is 0 Å². The van der Waals surface area contributed by atoms with Crippen LogP contribution in [-0.4, -0.2) is 17.0 Å². The molecule has 0 spiro atoms. The number of benzene rings is 1. The molecule has 3 heteroatoms. The van der Waals surface area contributed by atoms with Crippen LogP contribution in [0.15, 0.2) is 24.3 Å². The molecule has 0 aliphatic carbocycles. The Morgan fingerprint density at radius 2 is 1.76 bits per heavy atom. The first-order valence-electron chi connectivity index (χ1n) is 7.69. The zero-order valence-electron chi connectivity index (χ0n) is 13.7. The standard InChI is InChI=1S/C18H25N3/c1-6-16-13(4)20-17(21-18(16)19-5)15-9-7-14(8-10-15)11-12(2)3/h7-10,12H,6,11H2,1-5H3,(H,19,20,21).